The van der Waals surface area contributed by atoms with E-state index in [2.05, 4.69) is 0 Å². The molecule has 3 aromatic carbocycles. The van der Waals surface area contributed by atoms with E-state index in [1.54, 1.807) is 29.2 Å². The van der Waals surface area contributed by atoms with Gasteiger partial charge in [0.2, 0.25) is 5.91 Å². The van der Waals surface area contributed by atoms with Gasteiger partial charge in [-0.1, -0.05) is 36.4 Å². The fourth-order valence-corrected chi connectivity index (χ4v) is 3.86. The zero-order valence-corrected chi connectivity index (χ0v) is 16.3. The van der Waals surface area contributed by atoms with E-state index in [4.69, 9.17) is 4.74 Å². The molecule has 0 N–H and O–H groups in total. The Morgan fingerprint density at radius 3 is 2.30 bits per heavy atom. The van der Waals surface area contributed by atoms with E-state index in [0.29, 0.717) is 28.3 Å². The van der Waals surface area contributed by atoms with Crippen molar-refractivity contribution in [3.63, 3.8) is 0 Å². The molecule has 2 aliphatic heterocycles. The molecule has 3 amide bonds. The van der Waals surface area contributed by atoms with Crippen molar-refractivity contribution in [2.24, 2.45) is 0 Å². The maximum Gasteiger partial charge on any atom is 0.262 e. The Kier molecular flexibility index (Phi) is 4.13. The van der Waals surface area contributed by atoms with Crippen molar-refractivity contribution in [3.8, 4) is 11.5 Å². The number of rotatable bonds is 2. The molecule has 2 heterocycles. The van der Waals surface area contributed by atoms with Gasteiger partial charge in [-0.2, -0.15) is 0 Å². The lowest BCUT2D eigenvalue weighted by Crippen LogP contribution is -2.42. The van der Waals surface area contributed by atoms with E-state index in [1.165, 1.54) is 0 Å². The van der Waals surface area contributed by atoms with Crippen LogP contribution in [0.2, 0.25) is 0 Å². The zero-order valence-electron chi connectivity index (χ0n) is 16.3. The molecule has 0 atom stereocenters. The zero-order chi connectivity index (χ0) is 20.8. The molecule has 148 valence electrons. The summed E-state index contributed by atoms with van der Waals surface area (Å²) in [5.74, 6) is -0.00340. The van der Waals surface area contributed by atoms with Crippen LogP contribution in [0.3, 0.4) is 0 Å². The average molecular weight is 398 g/mol. The summed E-state index contributed by atoms with van der Waals surface area (Å²) in [5.41, 5.74) is 3.10. The third-order valence-electron chi connectivity index (χ3n) is 5.40. The van der Waals surface area contributed by atoms with Gasteiger partial charge < -0.3 is 9.64 Å². The van der Waals surface area contributed by atoms with Crippen molar-refractivity contribution in [2.45, 2.75) is 13.5 Å². The molecule has 0 aromatic heterocycles. The predicted molar refractivity (Wildman–Crippen MR) is 111 cm³/mol. The number of hydrogen-bond acceptors (Lipinski definition) is 4. The van der Waals surface area contributed by atoms with Gasteiger partial charge in [-0.3, -0.25) is 19.3 Å². The fraction of sp³-hybridized carbons (Fsp3) is 0.125. The number of nitrogens with zero attached hydrogens (tertiary/aromatic N) is 2. The van der Waals surface area contributed by atoms with Crippen molar-refractivity contribution in [1.29, 1.82) is 0 Å². The molecule has 0 aliphatic carbocycles. The van der Waals surface area contributed by atoms with Crippen molar-refractivity contribution in [1.82, 2.24) is 4.90 Å². The number of fused-ring (bicyclic) bond motifs is 3. The van der Waals surface area contributed by atoms with Crippen molar-refractivity contribution in [2.75, 3.05) is 11.4 Å². The van der Waals surface area contributed by atoms with Crippen LogP contribution in [-0.4, -0.2) is 29.2 Å². The van der Waals surface area contributed by atoms with E-state index >= 15 is 0 Å². The molecule has 0 fully saturated rings. The van der Waals surface area contributed by atoms with E-state index in [0.717, 1.165) is 16.0 Å². The number of anilines is 1. The largest absolute Gasteiger partial charge is 0.455 e. The highest BCUT2D eigenvalue weighted by Gasteiger charge is 2.38. The highest BCUT2D eigenvalue weighted by molar-refractivity contribution is 6.22. The number of imide groups is 1. The molecule has 6 nitrogen and oxygen atoms in total. The van der Waals surface area contributed by atoms with Gasteiger partial charge in [0.05, 0.1) is 23.4 Å². The van der Waals surface area contributed by atoms with Gasteiger partial charge in [0.1, 0.15) is 12.3 Å². The van der Waals surface area contributed by atoms with Gasteiger partial charge in [-0.05, 0) is 42.8 Å². The lowest BCUT2D eigenvalue weighted by atomic mass is 10.1. The first-order chi connectivity index (χ1) is 14.5. The maximum atomic E-state index is 13.4. The summed E-state index contributed by atoms with van der Waals surface area (Å²) in [5, 5.41) is 0. The average Bonchev–Trinajstić information content (AvgIpc) is 2.90. The van der Waals surface area contributed by atoms with Gasteiger partial charge in [-0.15, -0.1) is 0 Å². The van der Waals surface area contributed by atoms with Crippen LogP contribution in [0, 0.1) is 6.92 Å². The SMILES string of the molecule is Cc1ccc2c(c1)N(C(=O)CN1C(=O)c3ccccc3C1=O)Cc1ccccc1O2. The van der Waals surface area contributed by atoms with E-state index in [9.17, 15) is 14.4 Å². The Morgan fingerprint density at radius 1 is 0.900 bits per heavy atom. The van der Waals surface area contributed by atoms with Gasteiger partial charge in [0, 0.05) is 5.56 Å². The Labute approximate surface area is 173 Å². The minimum absolute atomic E-state index is 0.286. The quantitative estimate of drug-likeness (QED) is 0.614. The van der Waals surface area contributed by atoms with Gasteiger partial charge in [0.15, 0.2) is 5.75 Å². The Hall–Kier alpha value is -3.93. The highest BCUT2D eigenvalue weighted by Crippen LogP contribution is 2.39. The smallest absolute Gasteiger partial charge is 0.262 e. The van der Waals surface area contributed by atoms with Crippen LogP contribution in [0.1, 0.15) is 31.8 Å². The molecule has 2 aliphatic rings. The molecule has 0 bridgehead atoms. The summed E-state index contributed by atoms with van der Waals surface area (Å²) in [6.45, 7) is 1.89. The lowest BCUT2D eigenvalue weighted by molar-refractivity contribution is -0.119. The van der Waals surface area contributed by atoms with E-state index in [-0.39, 0.29) is 19.0 Å². The lowest BCUT2D eigenvalue weighted by Gasteiger charge is -2.24. The first-order valence-electron chi connectivity index (χ1n) is 9.65. The third-order valence-corrected chi connectivity index (χ3v) is 5.40. The second kappa shape index (κ2) is 6.84. The summed E-state index contributed by atoms with van der Waals surface area (Å²) < 4.78 is 6.06. The molecule has 0 spiro atoms. The van der Waals surface area contributed by atoms with Crippen LogP contribution in [0.15, 0.2) is 66.7 Å². The van der Waals surface area contributed by atoms with Gasteiger partial charge >= 0.3 is 0 Å². The number of carbonyl (C=O) groups is 3. The minimum atomic E-state index is -0.445. The first kappa shape index (κ1) is 18.1. The minimum Gasteiger partial charge on any atom is -0.455 e. The summed E-state index contributed by atoms with van der Waals surface area (Å²) in [6, 6.07) is 19.8. The Bertz CT molecular complexity index is 1180. The van der Waals surface area contributed by atoms with E-state index in [1.807, 2.05) is 49.4 Å². The van der Waals surface area contributed by atoms with Gasteiger partial charge in [0.25, 0.3) is 11.8 Å². The van der Waals surface area contributed by atoms with Crippen molar-refractivity contribution >= 4 is 23.4 Å². The van der Waals surface area contributed by atoms with Gasteiger partial charge in [-0.25, -0.2) is 0 Å². The molecule has 6 heteroatoms. The summed E-state index contributed by atoms with van der Waals surface area (Å²) in [4.78, 5) is 41.4. The predicted octanol–water partition coefficient (Wildman–Crippen LogP) is 3.93. The van der Waals surface area contributed by atoms with Crippen molar-refractivity contribution in [3.05, 3.63) is 89.0 Å². The topological polar surface area (TPSA) is 66.9 Å². The highest BCUT2D eigenvalue weighted by atomic mass is 16.5. The number of ether oxygens (including phenoxy) is 1. The second-order valence-electron chi connectivity index (χ2n) is 7.40. The molecule has 5 rings (SSSR count). The van der Waals surface area contributed by atoms with Crippen LogP contribution >= 0.6 is 0 Å². The summed E-state index contributed by atoms with van der Waals surface area (Å²) in [7, 11) is 0. The third kappa shape index (κ3) is 2.85. The fourth-order valence-electron chi connectivity index (χ4n) is 3.86. The van der Waals surface area contributed by atoms with Crippen molar-refractivity contribution < 1.29 is 19.1 Å². The molecule has 0 unspecified atom stereocenters. The summed E-state index contributed by atoms with van der Waals surface area (Å²) >= 11 is 0. The first-order valence-corrected chi connectivity index (χ1v) is 9.65. The number of hydrogen-bond donors (Lipinski definition) is 0. The van der Waals surface area contributed by atoms with Crippen LogP contribution in [0.5, 0.6) is 11.5 Å². The number of para-hydroxylation sites is 1. The molecular formula is C24H18N2O4. The van der Waals surface area contributed by atoms with Crippen LogP contribution in [-0.2, 0) is 11.3 Å². The molecule has 0 radical (unpaired) electrons. The van der Waals surface area contributed by atoms with Crippen LogP contribution in [0.4, 0.5) is 5.69 Å². The monoisotopic (exact) mass is 398 g/mol. The standard InChI is InChI=1S/C24H18N2O4/c1-15-10-11-21-19(12-15)25(13-16-6-2-5-9-20(16)30-21)22(27)14-26-23(28)17-7-3-4-8-18(17)24(26)29/h2-12H,13-14H2,1H3. The Balaban J connectivity index is 1.50. The van der Waals surface area contributed by atoms with E-state index < -0.39 is 11.8 Å². The second-order valence-corrected chi connectivity index (χ2v) is 7.40. The maximum absolute atomic E-state index is 13.4. The molecule has 3 aromatic rings. The molecule has 0 saturated carbocycles. The molecule has 30 heavy (non-hydrogen) atoms. The summed E-state index contributed by atoms with van der Waals surface area (Å²) in [6.07, 6.45) is 0. The number of aryl methyl sites for hydroxylation is 1. The molecular weight excluding hydrogens is 380 g/mol. The number of benzene rings is 3. The van der Waals surface area contributed by atoms with Crippen LogP contribution < -0.4 is 9.64 Å². The number of carbonyl (C=O) groups excluding carboxylic acids is 3. The van der Waals surface area contributed by atoms with Crippen LogP contribution in [0.25, 0.3) is 0 Å². The Morgan fingerprint density at radius 2 is 1.57 bits per heavy atom. The normalized spacial score (nSPS) is 14.6. The number of amides is 3. The molecule has 0 saturated heterocycles.